The lowest BCUT2D eigenvalue weighted by Gasteiger charge is -2.41. The Morgan fingerprint density at radius 1 is 0.895 bits per heavy atom. The van der Waals surface area contributed by atoms with E-state index < -0.39 is 0 Å². The van der Waals surface area contributed by atoms with Crippen LogP contribution >= 0.6 is 0 Å². The molecule has 2 rings (SSSR count). The summed E-state index contributed by atoms with van der Waals surface area (Å²) in [4.78, 5) is 7.75. The van der Waals surface area contributed by atoms with Gasteiger partial charge in [0, 0.05) is 77.5 Å². The molecule has 2 unspecified atom stereocenters. The van der Waals surface area contributed by atoms with E-state index in [1.54, 1.807) is 0 Å². The standard InChI is InChI=1S/C14H31N5/c1-13(11-15)19-9-7-17(8-10-19)12-14(2)18-5-3-16-4-6-18/h13-14,16H,3-12,15H2,1-2H3. The van der Waals surface area contributed by atoms with Crippen LogP contribution in [0.2, 0.25) is 0 Å². The monoisotopic (exact) mass is 269 g/mol. The van der Waals surface area contributed by atoms with Gasteiger partial charge in [-0.15, -0.1) is 0 Å². The van der Waals surface area contributed by atoms with Gasteiger partial charge in [-0.2, -0.15) is 0 Å². The zero-order valence-electron chi connectivity index (χ0n) is 12.6. The van der Waals surface area contributed by atoms with Crippen LogP contribution in [0.5, 0.6) is 0 Å². The van der Waals surface area contributed by atoms with Gasteiger partial charge in [0.1, 0.15) is 0 Å². The zero-order valence-corrected chi connectivity index (χ0v) is 12.6. The summed E-state index contributed by atoms with van der Waals surface area (Å²) in [5, 5.41) is 3.42. The van der Waals surface area contributed by atoms with Crippen LogP contribution in [0.4, 0.5) is 0 Å². The van der Waals surface area contributed by atoms with E-state index in [9.17, 15) is 0 Å². The molecule has 0 aromatic rings. The van der Waals surface area contributed by atoms with Crippen LogP contribution < -0.4 is 11.1 Å². The van der Waals surface area contributed by atoms with E-state index in [2.05, 4.69) is 33.9 Å². The number of nitrogens with two attached hydrogens (primary N) is 1. The number of hydrogen-bond acceptors (Lipinski definition) is 5. The number of hydrogen-bond donors (Lipinski definition) is 2. The molecule has 2 aliphatic heterocycles. The number of nitrogens with one attached hydrogen (secondary N) is 1. The Morgan fingerprint density at radius 2 is 1.47 bits per heavy atom. The first-order valence-corrected chi connectivity index (χ1v) is 7.82. The fraction of sp³-hybridized carbons (Fsp3) is 1.00. The van der Waals surface area contributed by atoms with Gasteiger partial charge in [0.2, 0.25) is 0 Å². The first-order chi connectivity index (χ1) is 9.20. The van der Waals surface area contributed by atoms with E-state index in [1.807, 2.05) is 0 Å². The average molecular weight is 269 g/mol. The third kappa shape index (κ3) is 4.39. The molecular formula is C14H31N5. The topological polar surface area (TPSA) is 47.8 Å². The maximum Gasteiger partial charge on any atom is 0.0195 e. The van der Waals surface area contributed by atoms with Crippen molar-refractivity contribution in [3.05, 3.63) is 0 Å². The van der Waals surface area contributed by atoms with E-state index in [4.69, 9.17) is 5.73 Å². The van der Waals surface area contributed by atoms with Gasteiger partial charge in [-0.1, -0.05) is 0 Å². The average Bonchev–Trinajstić information content (AvgIpc) is 2.48. The fourth-order valence-corrected chi connectivity index (χ4v) is 3.15. The Bertz CT molecular complexity index is 246. The molecule has 0 amide bonds. The molecular weight excluding hydrogens is 238 g/mol. The predicted molar refractivity (Wildman–Crippen MR) is 80.4 cm³/mol. The maximum absolute atomic E-state index is 5.75. The van der Waals surface area contributed by atoms with Gasteiger partial charge in [-0.25, -0.2) is 0 Å². The predicted octanol–water partition coefficient (Wildman–Crippen LogP) is -0.755. The smallest absolute Gasteiger partial charge is 0.0195 e. The number of piperazine rings is 2. The minimum absolute atomic E-state index is 0.535. The van der Waals surface area contributed by atoms with Crippen LogP contribution in [0.15, 0.2) is 0 Å². The molecule has 0 spiro atoms. The molecule has 19 heavy (non-hydrogen) atoms. The molecule has 2 atom stereocenters. The van der Waals surface area contributed by atoms with Crippen molar-refractivity contribution in [1.29, 1.82) is 0 Å². The molecule has 0 bridgehead atoms. The highest BCUT2D eigenvalue weighted by Gasteiger charge is 2.23. The van der Waals surface area contributed by atoms with E-state index >= 15 is 0 Å². The lowest BCUT2D eigenvalue weighted by molar-refractivity contribution is 0.0751. The second kappa shape index (κ2) is 7.55. The van der Waals surface area contributed by atoms with Crippen LogP contribution in [0.3, 0.4) is 0 Å². The van der Waals surface area contributed by atoms with Crippen molar-refractivity contribution in [2.45, 2.75) is 25.9 Å². The van der Waals surface area contributed by atoms with Gasteiger partial charge in [0.25, 0.3) is 0 Å². The summed E-state index contributed by atoms with van der Waals surface area (Å²) in [5.41, 5.74) is 5.75. The molecule has 5 heteroatoms. The molecule has 0 aliphatic carbocycles. The zero-order chi connectivity index (χ0) is 13.7. The lowest BCUT2D eigenvalue weighted by Crippen LogP contribution is -2.55. The third-order valence-corrected chi connectivity index (χ3v) is 4.67. The molecule has 2 heterocycles. The van der Waals surface area contributed by atoms with Gasteiger partial charge in [-0.3, -0.25) is 14.7 Å². The molecule has 0 aromatic carbocycles. The second-order valence-electron chi connectivity index (χ2n) is 6.06. The summed E-state index contributed by atoms with van der Waals surface area (Å²) >= 11 is 0. The number of nitrogens with zero attached hydrogens (tertiary/aromatic N) is 3. The Labute approximate surface area is 118 Å². The third-order valence-electron chi connectivity index (χ3n) is 4.67. The fourth-order valence-electron chi connectivity index (χ4n) is 3.15. The molecule has 0 aromatic heterocycles. The van der Waals surface area contributed by atoms with Crippen molar-refractivity contribution in [3.63, 3.8) is 0 Å². The van der Waals surface area contributed by atoms with Gasteiger partial charge in [0.05, 0.1) is 0 Å². The van der Waals surface area contributed by atoms with Crippen LogP contribution in [-0.4, -0.2) is 92.2 Å². The largest absolute Gasteiger partial charge is 0.329 e. The van der Waals surface area contributed by atoms with Crippen molar-refractivity contribution in [1.82, 2.24) is 20.0 Å². The minimum atomic E-state index is 0.535. The molecule has 0 saturated carbocycles. The highest BCUT2D eigenvalue weighted by atomic mass is 15.3. The normalized spacial score (nSPS) is 27.3. The summed E-state index contributed by atoms with van der Waals surface area (Å²) in [6.07, 6.45) is 0. The summed E-state index contributed by atoms with van der Waals surface area (Å²) in [5.74, 6) is 0. The highest BCUT2D eigenvalue weighted by molar-refractivity contribution is 4.81. The Hall–Kier alpha value is -0.200. The van der Waals surface area contributed by atoms with Crippen LogP contribution in [-0.2, 0) is 0 Å². The molecule has 2 saturated heterocycles. The molecule has 112 valence electrons. The highest BCUT2D eigenvalue weighted by Crippen LogP contribution is 2.09. The number of rotatable bonds is 5. The summed E-state index contributed by atoms with van der Waals surface area (Å²) < 4.78 is 0. The summed E-state index contributed by atoms with van der Waals surface area (Å²) in [6.45, 7) is 16.0. The Kier molecular flexibility index (Phi) is 6.04. The summed E-state index contributed by atoms with van der Waals surface area (Å²) in [7, 11) is 0. The van der Waals surface area contributed by atoms with Crippen LogP contribution in [0.25, 0.3) is 0 Å². The minimum Gasteiger partial charge on any atom is -0.329 e. The van der Waals surface area contributed by atoms with E-state index in [0.717, 1.165) is 19.6 Å². The van der Waals surface area contributed by atoms with Crippen LogP contribution in [0, 0.1) is 0 Å². The van der Waals surface area contributed by atoms with Crippen molar-refractivity contribution < 1.29 is 0 Å². The molecule has 2 aliphatic rings. The van der Waals surface area contributed by atoms with Gasteiger partial charge < -0.3 is 11.1 Å². The van der Waals surface area contributed by atoms with Crippen LogP contribution in [0.1, 0.15) is 13.8 Å². The molecule has 3 N–H and O–H groups in total. The maximum atomic E-state index is 5.75. The molecule has 5 nitrogen and oxygen atoms in total. The van der Waals surface area contributed by atoms with Crippen molar-refractivity contribution in [2.24, 2.45) is 5.73 Å². The van der Waals surface area contributed by atoms with E-state index in [1.165, 1.54) is 45.8 Å². The van der Waals surface area contributed by atoms with Gasteiger partial charge in [0.15, 0.2) is 0 Å². The first kappa shape index (κ1) is 15.2. The SMILES string of the molecule is CC(CN)N1CCN(CC(C)N2CCNCC2)CC1. The first-order valence-electron chi connectivity index (χ1n) is 7.82. The lowest BCUT2D eigenvalue weighted by atomic mass is 10.2. The molecule has 2 fully saturated rings. The van der Waals surface area contributed by atoms with Gasteiger partial charge in [-0.05, 0) is 13.8 Å². The Morgan fingerprint density at radius 3 is 2.05 bits per heavy atom. The van der Waals surface area contributed by atoms with Crippen molar-refractivity contribution in [3.8, 4) is 0 Å². The van der Waals surface area contributed by atoms with Gasteiger partial charge >= 0.3 is 0 Å². The second-order valence-corrected chi connectivity index (χ2v) is 6.06. The van der Waals surface area contributed by atoms with Crippen molar-refractivity contribution in [2.75, 3.05) is 65.4 Å². The van der Waals surface area contributed by atoms with E-state index in [-0.39, 0.29) is 0 Å². The quantitative estimate of drug-likeness (QED) is 0.687. The van der Waals surface area contributed by atoms with E-state index in [0.29, 0.717) is 12.1 Å². The Balaban J connectivity index is 1.69. The summed E-state index contributed by atoms with van der Waals surface area (Å²) in [6, 6.07) is 1.22. The molecule has 0 radical (unpaired) electrons. The van der Waals surface area contributed by atoms with Crippen molar-refractivity contribution >= 4 is 0 Å².